The third-order valence-electron chi connectivity index (χ3n) is 12.0. The molecule has 2 aliphatic heterocycles. The second-order valence-electron chi connectivity index (χ2n) is 16.8. The summed E-state index contributed by atoms with van der Waals surface area (Å²) in [6, 6.07) is 13.9. The second-order valence-corrected chi connectivity index (χ2v) is 16.8. The number of hydrogen-bond donors (Lipinski definition) is 0. The minimum Gasteiger partial charge on any atom is -0.399 e. The lowest BCUT2D eigenvalue weighted by molar-refractivity contribution is 0.00578. The molecule has 0 aromatic heterocycles. The number of unbranched alkanes of at least 4 members (excludes halogenated alkanes) is 10. The molecule has 0 saturated carbocycles. The van der Waals surface area contributed by atoms with Crippen molar-refractivity contribution in [3.8, 4) is 0 Å². The molecule has 4 nitrogen and oxygen atoms in total. The van der Waals surface area contributed by atoms with Gasteiger partial charge in [-0.15, -0.1) is 0 Å². The second kappa shape index (κ2) is 15.2. The summed E-state index contributed by atoms with van der Waals surface area (Å²) in [7, 11) is -0.741. The van der Waals surface area contributed by atoms with Crippen LogP contribution in [0.25, 0.3) is 21.5 Å². The van der Waals surface area contributed by atoms with Crippen LogP contribution in [0.4, 0.5) is 0 Å². The van der Waals surface area contributed by atoms with Crippen LogP contribution in [0.15, 0.2) is 36.4 Å². The quantitative estimate of drug-likeness (QED) is 0.0875. The Hall–Kier alpha value is -1.85. The SMILES string of the molecule is CCCCCCCCc1c(CCCCCCCC)c2cc(B3OC(C)(C)C(C)(C)O3)ccc2c2ccc(B3OC(C)(C)C(C)(C)O3)cc12. The molecule has 262 valence electrons. The van der Waals surface area contributed by atoms with Crippen molar-refractivity contribution in [1.29, 1.82) is 0 Å². The maximum Gasteiger partial charge on any atom is 0.494 e. The van der Waals surface area contributed by atoms with Crippen molar-refractivity contribution >= 4 is 46.7 Å². The molecule has 5 rings (SSSR count). The van der Waals surface area contributed by atoms with E-state index >= 15 is 0 Å². The highest BCUT2D eigenvalue weighted by Gasteiger charge is 2.52. The highest BCUT2D eigenvalue weighted by atomic mass is 16.7. The van der Waals surface area contributed by atoms with Crippen molar-refractivity contribution in [2.24, 2.45) is 0 Å². The van der Waals surface area contributed by atoms with E-state index < -0.39 is 0 Å². The van der Waals surface area contributed by atoms with Crippen LogP contribution in [0.5, 0.6) is 0 Å². The smallest absolute Gasteiger partial charge is 0.399 e. The summed E-state index contributed by atoms with van der Waals surface area (Å²) in [4.78, 5) is 0. The first-order chi connectivity index (χ1) is 22.7. The van der Waals surface area contributed by atoms with E-state index in [-0.39, 0.29) is 36.6 Å². The minimum atomic E-state index is -0.371. The summed E-state index contributed by atoms with van der Waals surface area (Å²) < 4.78 is 26.2. The highest BCUT2D eigenvalue weighted by Crippen LogP contribution is 2.40. The molecular formula is C42H64B2O4. The molecule has 2 saturated heterocycles. The first kappa shape index (κ1) is 37.4. The Labute approximate surface area is 293 Å². The molecule has 0 atom stereocenters. The normalized spacial score (nSPS) is 19.6. The fraction of sp³-hybridized carbons (Fsp3) is 0.667. The van der Waals surface area contributed by atoms with Gasteiger partial charge >= 0.3 is 14.2 Å². The van der Waals surface area contributed by atoms with Gasteiger partial charge in [0, 0.05) is 0 Å². The van der Waals surface area contributed by atoms with Crippen molar-refractivity contribution in [3.05, 3.63) is 47.5 Å². The molecule has 6 heteroatoms. The van der Waals surface area contributed by atoms with E-state index in [4.69, 9.17) is 18.6 Å². The van der Waals surface area contributed by atoms with Gasteiger partial charge in [0.15, 0.2) is 0 Å². The maximum absolute atomic E-state index is 6.56. The molecule has 0 unspecified atom stereocenters. The summed E-state index contributed by atoms with van der Waals surface area (Å²) in [5, 5.41) is 5.37. The largest absolute Gasteiger partial charge is 0.494 e. The fourth-order valence-corrected chi connectivity index (χ4v) is 7.40. The van der Waals surface area contributed by atoms with Gasteiger partial charge in [-0.3, -0.25) is 0 Å². The summed E-state index contributed by atoms with van der Waals surface area (Å²) >= 11 is 0. The molecule has 3 aromatic carbocycles. The summed E-state index contributed by atoms with van der Waals surface area (Å²) in [5.41, 5.74) is 3.79. The van der Waals surface area contributed by atoms with Crippen molar-refractivity contribution in [2.45, 2.75) is 182 Å². The van der Waals surface area contributed by atoms with Crippen LogP contribution in [0.2, 0.25) is 0 Å². The Morgan fingerprint density at radius 1 is 0.417 bits per heavy atom. The van der Waals surface area contributed by atoms with E-state index in [2.05, 4.69) is 106 Å². The Bertz CT molecular complexity index is 1400. The first-order valence-corrected chi connectivity index (χ1v) is 19.4. The zero-order valence-electron chi connectivity index (χ0n) is 32.2. The standard InChI is InChI=1S/C42H64B2O4/c1-11-13-15-17-19-21-23-33-34(24-22-20-18-16-14-12-2)38-30-32(44-47-41(7,8)42(9,10)48-44)26-28-36(38)35-27-25-31(29-37(33)35)43-45-39(3,4)40(5,6)46-43/h25-30H,11-24H2,1-10H3. The Kier molecular flexibility index (Phi) is 11.8. The van der Waals surface area contributed by atoms with Gasteiger partial charge in [-0.05, 0) is 125 Å². The number of rotatable bonds is 16. The Morgan fingerprint density at radius 2 is 0.729 bits per heavy atom. The van der Waals surface area contributed by atoms with Gasteiger partial charge in [0.25, 0.3) is 0 Å². The van der Waals surface area contributed by atoms with Crippen LogP contribution in [0.1, 0.15) is 157 Å². The zero-order chi connectivity index (χ0) is 34.7. The van der Waals surface area contributed by atoms with E-state index in [0.29, 0.717) is 0 Å². The van der Waals surface area contributed by atoms with Crippen LogP contribution in [-0.4, -0.2) is 36.6 Å². The summed E-state index contributed by atoms with van der Waals surface area (Å²) in [6.45, 7) is 21.7. The molecule has 0 bridgehead atoms. The van der Waals surface area contributed by atoms with Crippen molar-refractivity contribution in [2.75, 3.05) is 0 Å². The van der Waals surface area contributed by atoms with Crippen LogP contribution in [0, 0.1) is 0 Å². The van der Waals surface area contributed by atoms with Crippen LogP contribution in [0.3, 0.4) is 0 Å². The van der Waals surface area contributed by atoms with Crippen LogP contribution < -0.4 is 10.9 Å². The molecule has 0 amide bonds. The maximum atomic E-state index is 6.56. The number of hydrogen-bond acceptors (Lipinski definition) is 4. The van der Waals surface area contributed by atoms with Gasteiger partial charge in [0.05, 0.1) is 22.4 Å². The van der Waals surface area contributed by atoms with E-state index in [0.717, 1.165) is 23.8 Å². The molecule has 48 heavy (non-hydrogen) atoms. The van der Waals surface area contributed by atoms with E-state index in [1.807, 2.05) is 0 Å². The number of fused-ring (bicyclic) bond motifs is 3. The lowest BCUT2D eigenvalue weighted by atomic mass is 9.74. The summed E-state index contributed by atoms with van der Waals surface area (Å²) in [6.07, 6.45) is 17.7. The average molecular weight is 655 g/mol. The van der Waals surface area contributed by atoms with Crippen LogP contribution in [-0.2, 0) is 31.5 Å². The summed E-state index contributed by atoms with van der Waals surface area (Å²) in [5.74, 6) is 0. The van der Waals surface area contributed by atoms with Crippen LogP contribution >= 0.6 is 0 Å². The zero-order valence-corrected chi connectivity index (χ0v) is 32.2. The third-order valence-corrected chi connectivity index (χ3v) is 12.0. The third kappa shape index (κ3) is 7.88. The highest BCUT2D eigenvalue weighted by molar-refractivity contribution is 6.63. The van der Waals surface area contributed by atoms with Gasteiger partial charge in [0.1, 0.15) is 0 Å². The molecule has 2 fully saturated rings. The van der Waals surface area contributed by atoms with E-state index in [9.17, 15) is 0 Å². The molecule has 3 aromatic rings. The molecular weight excluding hydrogens is 590 g/mol. The minimum absolute atomic E-state index is 0.371. The molecule has 0 spiro atoms. The first-order valence-electron chi connectivity index (χ1n) is 19.4. The molecule has 2 heterocycles. The molecule has 0 aliphatic carbocycles. The number of benzene rings is 3. The van der Waals surface area contributed by atoms with Gasteiger partial charge in [-0.1, -0.05) is 114 Å². The number of aryl methyl sites for hydroxylation is 2. The van der Waals surface area contributed by atoms with Gasteiger partial charge in [-0.2, -0.15) is 0 Å². The molecule has 2 aliphatic rings. The van der Waals surface area contributed by atoms with E-state index in [1.54, 1.807) is 0 Å². The van der Waals surface area contributed by atoms with Crippen molar-refractivity contribution in [1.82, 2.24) is 0 Å². The van der Waals surface area contributed by atoms with Gasteiger partial charge in [-0.25, -0.2) is 0 Å². The Balaban J connectivity index is 1.61. The van der Waals surface area contributed by atoms with E-state index in [1.165, 1.54) is 110 Å². The predicted molar refractivity (Wildman–Crippen MR) is 207 cm³/mol. The lowest BCUT2D eigenvalue weighted by Gasteiger charge is -2.32. The lowest BCUT2D eigenvalue weighted by Crippen LogP contribution is -2.41. The monoisotopic (exact) mass is 654 g/mol. The topological polar surface area (TPSA) is 36.9 Å². The average Bonchev–Trinajstić information content (AvgIpc) is 3.39. The van der Waals surface area contributed by atoms with Crippen molar-refractivity contribution < 1.29 is 18.6 Å². The Morgan fingerprint density at radius 3 is 1.06 bits per heavy atom. The van der Waals surface area contributed by atoms with Gasteiger partial charge in [0.2, 0.25) is 0 Å². The molecule has 0 N–H and O–H groups in total. The predicted octanol–water partition coefficient (Wildman–Crippen LogP) is 10.4. The molecule has 0 radical (unpaired) electrons. The van der Waals surface area contributed by atoms with Crippen molar-refractivity contribution in [3.63, 3.8) is 0 Å². The fourth-order valence-electron chi connectivity index (χ4n) is 7.40. The van der Waals surface area contributed by atoms with Gasteiger partial charge < -0.3 is 18.6 Å².